The van der Waals surface area contributed by atoms with E-state index < -0.39 is 12.2 Å². The third-order valence-electron chi connectivity index (χ3n) is 6.09. The number of ether oxygens (including phenoxy) is 1. The Balaban J connectivity index is 0.00000306. The van der Waals surface area contributed by atoms with Gasteiger partial charge in [0.2, 0.25) is 0 Å². The highest BCUT2D eigenvalue weighted by molar-refractivity contribution is 5.29. The zero-order chi connectivity index (χ0) is 23.5. The molecule has 0 fully saturated rings. The van der Waals surface area contributed by atoms with Gasteiger partial charge in [0, 0.05) is 6.42 Å². The fraction of sp³-hybridized carbons (Fsp3) is 0.357. The van der Waals surface area contributed by atoms with Crippen molar-refractivity contribution in [2.75, 3.05) is 13.1 Å². The standard InChI is InChI=1S/C28H36N2O3.2ClH/c1-21(27(31)24-12-7-4-8-13-24)29-18-9-19-30-22(2)28(32)25-14-16-26(17-15-25)33-20-23-10-5-3-6-11-23;;/h3-8,10-17,21-22,27-32H,9,18-20H2,1-2H3;2*1H. The SMILES string of the molecule is CC([NH2+]CCC[NH2+]C(C)C(O)c1ccc(OCc2ccccc2)cc1)C(O)c1ccccc1.[Cl-].[Cl-]. The Morgan fingerprint density at radius 1 is 0.657 bits per heavy atom. The minimum Gasteiger partial charge on any atom is -1.00 e. The highest BCUT2D eigenvalue weighted by Crippen LogP contribution is 2.20. The van der Waals surface area contributed by atoms with E-state index in [-0.39, 0.29) is 36.9 Å². The first-order chi connectivity index (χ1) is 16.0. The molecule has 0 saturated carbocycles. The molecule has 3 aromatic rings. The molecule has 0 saturated heterocycles. The molecule has 0 radical (unpaired) electrons. The second-order valence-electron chi connectivity index (χ2n) is 8.76. The Labute approximate surface area is 221 Å². The number of hydrogen-bond donors (Lipinski definition) is 4. The molecule has 3 rings (SSSR count). The van der Waals surface area contributed by atoms with E-state index in [0.29, 0.717) is 6.61 Å². The molecule has 4 unspecified atom stereocenters. The lowest BCUT2D eigenvalue weighted by Crippen LogP contribution is -3.00. The van der Waals surface area contributed by atoms with E-state index in [1.165, 1.54) is 0 Å². The highest BCUT2D eigenvalue weighted by Gasteiger charge is 2.20. The molecule has 0 aliphatic rings. The van der Waals surface area contributed by atoms with Crippen molar-refractivity contribution >= 4 is 0 Å². The molecule has 6 N–H and O–H groups in total. The Morgan fingerprint density at radius 2 is 1.11 bits per heavy atom. The lowest BCUT2D eigenvalue weighted by Gasteiger charge is -2.19. The van der Waals surface area contributed by atoms with Crippen molar-refractivity contribution in [2.24, 2.45) is 0 Å². The Hall–Kier alpha value is -2.12. The highest BCUT2D eigenvalue weighted by atomic mass is 35.5. The summed E-state index contributed by atoms with van der Waals surface area (Å²) in [6.07, 6.45) is 0.0152. The van der Waals surface area contributed by atoms with E-state index in [1.54, 1.807) is 0 Å². The number of quaternary nitrogens is 2. The van der Waals surface area contributed by atoms with Crippen molar-refractivity contribution in [2.45, 2.75) is 51.2 Å². The van der Waals surface area contributed by atoms with Gasteiger partial charge in [0.05, 0.1) is 13.1 Å². The molecular formula is C28H38Cl2N2O3. The summed E-state index contributed by atoms with van der Waals surface area (Å²) in [4.78, 5) is 0. The number of hydrogen-bond acceptors (Lipinski definition) is 3. The Bertz CT molecular complexity index is 930. The van der Waals surface area contributed by atoms with Crippen LogP contribution in [0.25, 0.3) is 0 Å². The first kappa shape index (κ1) is 30.9. The minimum atomic E-state index is -0.532. The van der Waals surface area contributed by atoms with Crippen LogP contribution in [0, 0.1) is 0 Å². The number of benzene rings is 3. The van der Waals surface area contributed by atoms with Crippen LogP contribution in [-0.4, -0.2) is 35.4 Å². The zero-order valence-corrected chi connectivity index (χ0v) is 21.9. The van der Waals surface area contributed by atoms with Gasteiger partial charge in [0.1, 0.15) is 36.6 Å². The molecule has 35 heavy (non-hydrogen) atoms. The maximum atomic E-state index is 10.7. The number of aliphatic hydroxyl groups is 2. The summed E-state index contributed by atoms with van der Waals surface area (Å²) in [6, 6.07) is 27.8. The van der Waals surface area contributed by atoms with Gasteiger partial charge in [-0.15, -0.1) is 0 Å². The number of halogens is 2. The van der Waals surface area contributed by atoms with E-state index in [4.69, 9.17) is 4.74 Å². The molecule has 192 valence electrons. The van der Waals surface area contributed by atoms with Crippen molar-refractivity contribution in [1.82, 2.24) is 0 Å². The van der Waals surface area contributed by atoms with Crippen LogP contribution in [0.2, 0.25) is 0 Å². The third-order valence-corrected chi connectivity index (χ3v) is 6.09. The predicted molar refractivity (Wildman–Crippen MR) is 131 cm³/mol. The molecule has 0 aliphatic carbocycles. The van der Waals surface area contributed by atoms with Crippen LogP contribution in [0.4, 0.5) is 0 Å². The molecule has 0 amide bonds. The normalized spacial score (nSPS) is 14.1. The first-order valence-corrected chi connectivity index (χ1v) is 11.9. The molecule has 0 bridgehead atoms. The summed E-state index contributed by atoms with van der Waals surface area (Å²) in [7, 11) is 0. The number of aliphatic hydroxyl groups excluding tert-OH is 2. The monoisotopic (exact) mass is 520 g/mol. The van der Waals surface area contributed by atoms with Gasteiger partial charge in [0.15, 0.2) is 0 Å². The van der Waals surface area contributed by atoms with E-state index in [2.05, 4.69) is 24.5 Å². The average molecular weight is 522 g/mol. The topological polar surface area (TPSA) is 82.9 Å². The smallest absolute Gasteiger partial charge is 0.130 e. The molecule has 0 aliphatic heterocycles. The van der Waals surface area contributed by atoms with Crippen molar-refractivity contribution in [3.05, 3.63) is 102 Å². The molecule has 4 atom stereocenters. The molecular weight excluding hydrogens is 483 g/mol. The van der Waals surface area contributed by atoms with Crippen LogP contribution in [0.1, 0.15) is 49.2 Å². The summed E-state index contributed by atoms with van der Waals surface area (Å²) in [6.45, 7) is 6.51. The van der Waals surface area contributed by atoms with E-state index in [9.17, 15) is 10.2 Å². The lowest BCUT2D eigenvalue weighted by atomic mass is 10.0. The van der Waals surface area contributed by atoms with Gasteiger partial charge in [-0.2, -0.15) is 0 Å². The first-order valence-electron chi connectivity index (χ1n) is 11.9. The van der Waals surface area contributed by atoms with Crippen molar-refractivity contribution in [1.29, 1.82) is 0 Å². The van der Waals surface area contributed by atoms with Crippen LogP contribution in [-0.2, 0) is 6.61 Å². The minimum absolute atomic E-state index is 0. The van der Waals surface area contributed by atoms with Crippen LogP contribution in [0.3, 0.4) is 0 Å². The lowest BCUT2D eigenvalue weighted by molar-refractivity contribution is -0.718. The van der Waals surface area contributed by atoms with Crippen LogP contribution < -0.4 is 40.2 Å². The van der Waals surface area contributed by atoms with E-state index >= 15 is 0 Å². The molecule has 0 heterocycles. The quantitative estimate of drug-likeness (QED) is 0.175. The largest absolute Gasteiger partial charge is 1.00 e. The number of nitrogens with two attached hydrogens (primary N) is 2. The molecule has 5 nitrogen and oxygen atoms in total. The fourth-order valence-corrected chi connectivity index (χ4v) is 3.90. The van der Waals surface area contributed by atoms with Gasteiger partial charge in [-0.25, -0.2) is 0 Å². The van der Waals surface area contributed by atoms with Gasteiger partial charge in [-0.3, -0.25) is 0 Å². The van der Waals surface area contributed by atoms with Crippen molar-refractivity contribution < 1.29 is 50.4 Å². The van der Waals surface area contributed by atoms with Gasteiger partial charge >= 0.3 is 0 Å². The second-order valence-corrected chi connectivity index (χ2v) is 8.76. The van der Waals surface area contributed by atoms with Crippen LogP contribution >= 0.6 is 0 Å². The average Bonchev–Trinajstić information content (AvgIpc) is 2.87. The second kappa shape index (κ2) is 16.5. The van der Waals surface area contributed by atoms with Gasteiger partial charge in [-0.1, -0.05) is 72.8 Å². The van der Waals surface area contributed by atoms with Gasteiger partial charge < -0.3 is 50.4 Å². The molecule has 0 aromatic heterocycles. The van der Waals surface area contributed by atoms with E-state index in [0.717, 1.165) is 42.0 Å². The molecule has 0 spiro atoms. The van der Waals surface area contributed by atoms with Gasteiger partial charge in [0.25, 0.3) is 0 Å². The van der Waals surface area contributed by atoms with Crippen LogP contribution in [0.5, 0.6) is 5.75 Å². The Morgan fingerprint density at radius 3 is 1.63 bits per heavy atom. The van der Waals surface area contributed by atoms with E-state index in [1.807, 2.05) is 84.9 Å². The summed E-state index contributed by atoms with van der Waals surface area (Å²) < 4.78 is 5.83. The van der Waals surface area contributed by atoms with Crippen LogP contribution in [0.15, 0.2) is 84.9 Å². The third kappa shape index (κ3) is 10.2. The zero-order valence-electron chi connectivity index (χ0n) is 20.4. The summed E-state index contributed by atoms with van der Waals surface area (Å²) in [5.41, 5.74) is 2.99. The Kier molecular flexibility index (Phi) is 14.6. The molecule has 7 heteroatoms. The summed E-state index contributed by atoms with van der Waals surface area (Å²) in [5.74, 6) is 0.800. The van der Waals surface area contributed by atoms with Crippen molar-refractivity contribution in [3.63, 3.8) is 0 Å². The predicted octanol–water partition coefficient (Wildman–Crippen LogP) is -3.67. The maximum absolute atomic E-state index is 10.7. The summed E-state index contributed by atoms with van der Waals surface area (Å²) >= 11 is 0. The summed E-state index contributed by atoms with van der Waals surface area (Å²) in [5, 5.41) is 25.6. The maximum Gasteiger partial charge on any atom is 0.130 e. The molecule has 3 aromatic carbocycles. The van der Waals surface area contributed by atoms with Gasteiger partial charge in [-0.05, 0) is 42.7 Å². The van der Waals surface area contributed by atoms with Crippen molar-refractivity contribution in [3.8, 4) is 5.75 Å². The fourth-order valence-electron chi connectivity index (χ4n) is 3.90. The number of rotatable bonds is 13.